The Balaban J connectivity index is 1.68. The van der Waals surface area contributed by atoms with Crippen molar-refractivity contribution in [2.45, 2.75) is 33.9 Å². The zero-order valence-electron chi connectivity index (χ0n) is 16.9. The van der Waals surface area contributed by atoms with E-state index in [1.54, 1.807) is 11.8 Å². The zero-order chi connectivity index (χ0) is 19.9. The van der Waals surface area contributed by atoms with Crippen molar-refractivity contribution in [3.8, 4) is 17.2 Å². The Morgan fingerprint density at radius 2 is 1.86 bits per heavy atom. The van der Waals surface area contributed by atoms with Gasteiger partial charge in [-0.2, -0.15) is 4.68 Å². The van der Waals surface area contributed by atoms with Gasteiger partial charge in [-0.1, -0.05) is 31.5 Å². The van der Waals surface area contributed by atoms with Crippen molar-refractivity contribution in [1.82, 2.24) is 20.2 Å². The third-order valence-electron chi connectivity index (χ3n) is 4.42. The number of tetrazole rings is 1. The van der Waals surface area contributed by atoms with Crippen LogP contribution in [-0.2, 0) is 13.2 Å². The fourth-order valence-electron chi connectivity index (χ4n) is 2.87. The van der Waals surface area contributed by atoms with Gasteiger partial charge in [0.2, 0.25) is 0 Å². The van der Waals surface area contributed by atoms with Crippen LogP contribution < -0.4 is 14.8 Å². The molecule has 0 spiro atoms. The van der Waals surface area contributed by atoms with Crippen LogP contribution in [0.25, 0.3) is 5.69 Å². The monoisotopic (exact) mass is 382 g/mol. The Hall–Kier alpha value is -2.93. The van der Waals surface area contributed by atoms with Crippen molar-refractivity contribution >= 4 is 0 Å². The summed E-state index contributed by atoms with van der Waals surface area (Å²) in [6.45, 7) is 8.75. The molecule has 3 rings (SSSR count). The molecule has 3 aromatic rings. The molecule has 0 saturated heterocycles. The lowest BCUT2D eigenvalue weighted by Gasteiger charge is -2.12. The number of methoxy groups -OCH3 is 1. The van der Waals surface area contributed by atoms with Crippen molar-refractivity contribution in [3.63, 3.8) is 0 Å². The van der Waals surface area contributed by atoms with Crippen LogP contribution in [0.3, 0.4) is 0 Å². The van der Waals surface area contributed by atoms with E-state index in [0.29, 0.717) is 23.2 Å². The number of nitrogens with zero attached hydrogens (tertiary/aromatic N) is 4. The number of rotatable bonds is 9. The summed E-state index contributed by atoms with van der Waals surface area (Å²) in [4.78, 5) is 0. The molecule has 0 aliphatic rings. The van der Waals surface area contributed by atoms with E-state index >= 15 is 0 Å². The number of quaternary nitrogens is 1. The van der Waals surface area contributed by atoms with Crippen LogP contribution >= 0.6 is 0 Å². The molecule has 0 atom stereocenters. The summed E-state index contributed by atoms with van der Waals surface area (Å²) in [7, 11) is 1.65. The van der Waals surface area contributed by atoms with E-state index in [9.17, 15) is 0 Å². The lowest BCUT2D eigenvalue weighted by atomic mass is 10.2. The Bertz CT molecular complexity index is 890. The summed E-state index contributed by atoms with van der Waals surface area (Å²) < 4.78 is 13.2. The number of hydrogen-bond donors (Lipinski definition) is 1. The van der Waals surface area contributed by atoms with Crippen molar-refractivity contribution < 1.29 is 14.8 Å². The first-order valence-corrected chi connectivity index (χ1v) is 9.52. The summed E-state index contributed by atoms with van der Waals surface area (Å²) in [5, 5.41) is 14.3. The number of aryl methyl sites for hydroxylation is 1. The highest BCUT2D eigenvalue weighted by Gasteiger charge is 2.12. The minimum absolute atomic E-state index is 0.246. The summed E-state index contributed by atoms with van der Waals surface area (Å²) in [6, 6.07) is 14.1. The number of aromatic nitrogens is 4. The maximum Gasteiger partial charge on any atom is 0.194 e. The smallest absolute Gasteiger partial charge is 0.194 e. The standard InChI is InChI=1S/C21H27N5O2/c1-15(2)12-22-13-17-7-10-19(20(11-17)27-4)28-14-21-23-24-25-26(21)18-8-5-16(3)6-9-18/h5-11,15,22H,12-14H2,1-4H3/p+1. The van der Waals surface area contributed by atoms with Crippen LogP contribution in [0.5, 0.6) is 11.5 Å². The molecule has 148 valence electrons. The lowest BCUT2D eigenvalue weighted by Crippen LogP contribution is -2.83. The first kappa shape index (κ1) is 19.8. The molecule has 2 N–H and O–H groups in total. The van der Waals surface area contributed by atoms with Gasteiger partial charge in [-0.15, -0.1) is 5.10 Å². The lowest BCUT2D eigenvalue weighted by molar-refractivity contribution is -0.675. The molecular weight excluding hydrogens is 354 g/mol. The van der Waals surface area contributed by atoms with E-state index < -0.39 is 0 Å². The number of benzene rings is 2. The molecule has 0 amide bonds. The van der Waals surface area contributed by atoms with Crippen molar-refractivity contribution in [1.29, 1.82) is 0 Å². The minimum Gasteiger partial charge on any atom is -0.493 e. The first-order chi connectivity index (χ1) is 13.6. The Kier molecular flexibility index (Phi) is 6.60. The van der Waals surface area contributed by atoms with Crippen molar-refractivity contribution in [2.24, 2.45) is 5.92 Å². The van der Waals surface area contributed by atoms with Crippen LogP contribution in [0, 0.1) is 12.8 Å². The predicted octanol–water partition coefficient (Wildman–Crippen LogP) is 2.28. The second-order valence-corrected chi connectivity index (χ2v) is 7.24. The molecule has 28 heavy (non-hydrogen) atoms. The highest BCUT2D eigenvalue weighted by Crippen LogP contribution is 2.28. The average Bonchev–Trinajstić information content (AvgIpc) is 3.15. The zero-order valence-corrected chi connectivity index (χ0v) is 16.9. The molecule has 0 unspecified atom stereocenters. The number of ether oxygens (including phenoxy) is 2. The van der Waals surface area contributed by atoms with E-state index in [1.807, 2.05) is 43.3 Å². The van der Waals surface area contributed by atoms with E-state index in [2.05, 4.69) is 40.8 Å². The predicted molar refractivity (Wildman–Crippen MR) is 107 cm³/mol. The molecule has 1 aromatic heterocycles. The van der Waals surface area contributed by atoms with Gasteiger partial charge in [-0.05, 0) is 47.7 Å². The summed E-state index contributed by atoms with van der Waals surface area (Å²) in [5.41, 5.74) is 3.29. The Labute approximate surface area is 165 Å². The fraction of sp³-hybridized carbons (Fsp3) is 0.381. The third kappa shape index (κ3) is 5.07. The highest BCUT2D eigenvalue weighted by molar-refractivity contribution is 5.43. The summed E-state index contributed by atoms with van der Waals surface area (Å²) in [6.07, 6.45) is 0. The van der Waals surface area contributed by atoms with Gasteiger partial charge in [-0.3, -0.25) is 0 Å². The van der Waals surface area contributed by atoms with Crippen LogP contribution in [-0.4, -0.2) is 33.9 Å². The van der Waals surface area contributed by atoms with Gasteiger partial charge in [0.1, 0.15) is 6.54 Å². The molecule has 7 nitrogen and oxygen atoms in total. The van der Waals surface area contributed by atoms with Gasteiger partial charge in [0.05, 0.1) is 19.3 Å². The Morgan fingerprint density at radius 3 is 2.57 bits per heavy atom. The topological polar surface area (TPSA) is 78.7 Å². The van der Waals surface area contributed by atoms with Gasteiger partial charge in [0.15, 0.2) is 23.9 Å². The second kappa shape index (κ2) is 9.32. The molecule has 0 aliphatic heterocycles. The molecule has 0 saturated carbocycles. The van der Waals surface area contributed by atoms with Gasteiger partial charge >= 0.3 is 0 Å². The SMILES string of the molecule is COc1cc(C[NH2+]CC(C)C)ccc1OCc1nnnn1-c1ccc(C)cc1. The van der Waals surface area contributed by atoms with Gasteiger partial charge in [-0.25, -0.2) is 0 Å². The van der Waals surface area contributed by atoms with Gasteiger partial charge in [0, 0.05) is 11.5 Å². The maximum atomic E-state index is 5.96. The van der Waals surface area contributed by atoms with E-state index in [1.165, 1.54) is 11.1 Å². The molecular formula is C21H28N5O2+. The fourth-order valence-corrected chi connectivity index (χ4v) is 2.87. The normalized spacial score (nSPS) is 11.0. The van der Waals surface area contributed by atoms with E-state index in [4.69, 9.17) is 9.47 Å². The molecule has 7 heteroatoms. The van der Waals surface area contributed by atoms with Crippen molar-refractivity contribution in [2.75, 3.05) is 13.7 Å². The van der Waals surface area contributed by atoms with Crippen LogP contribution in [0.1, 0.15) is 30.8 Å². The maximum absolute atomic E-state index is 5.96. The molecule has 1 heterocycles. The van der Waals surface area contributed by atoms with E-state index in [0.717, 1.165) is 18.8 Å². The molecule has 0 aliphatic carbocycles. The van der Waals surface area contributed by atoms with Crippen LogP contribution in [0.2, 0.25) is 0 Å². The Morgan fingerprint density at radius 1 is 1.07 bits per heavy atom. The highest BCUT2D eigenvalue weighted by atomic mass is 16.5. The van der Waals surface area contributed by atoms with Crippen LogP contribution in [0.15, 0.2) is 42.5 Å². The van der Waals surface area contributed by atoms with Crippen molar-refractivity contribution in [3.05, 3.63) is 59.4 Å². The largest absolute Gasteiger partial charge is 0.493 e. The molecule has 0 bridgehead atoms. The quantitative estimate of drug-likeness (QED) is 0.614. The number of nitrogens with two attached hydrogens (primary N) is 1. The van der Waals surface area contributed by atoms with Gasteiger partial charge < -0.3 is 14.8 Å². The first-order valence-electron chi connectivity index (χ1n) is 9.52. The third-order valence-corrected chi connectivity index (χ3v) is 4.42. The molecule has 0 radical (unpaired) electrons. The summed E-state index contributed by atoms with van der Waals surface area (Å²) >= 11 is 0. The van der Waals surface area contributed by atoms with Gasteiger partial charge in [0.25, 0.3) is 0 Å². The van der Waals surface area contributed by atoms with E-state index in [-0.39, 0.29) is 6.61 Å². The summed E-state index contributed by atoms with van der Waals surface area (Å²) in [5.74, 6) is 2.68. The minimum atomic E-state index is 0.246. The van der Waals surface area contributed by atoms with Crippen LogP contribution in [0.4, 0.5) is 0 Å². The average molecular weight is 382 g/mol. The second-order valence-electron chi connectivity index (χ2n) is 7.24. The molecule has 2 aromatic carbocycles. The molecule has 0 fully saturated rings. The number of hydrogen-bond acceptors (Lipinski definition) is 5.